The van der Waals surface area contributed by atoms with Crippen LogP contribution in [0.3, 0.4) is 0 Å². The minimum atomic E-state index is -0.118. The van der Waals surface area contributed by atoms with E-state index in [1.807, 2.05) is 50.5 Å². The Kier molecular flexibility index (Phi) is 4.92. The van der Waals surface area contributed by atoms with Crippen molar-refractivity contribution in [3.05, 3.63) is 71.7 Å². The van der Waals surface area contributed by atoms with Crippen LogP contribution in [0.1, 0.15) is 33.3 Å². The standard InChI is InChI=1S/C21H20N4O2S/c1-3-25-16-9-8-14(13-23-19(26)17-7-5-11-24(17)2)12-18(16)28-20-15(21(25)27)6-4-10-22-20/h4-12H,3,13H2,1-2H3,(H,23,26). The Bertz CT molecular complexity index is 1060. The van der Waals surface area contributed by atoms with E-state index >= 15 is 0 Å². The molecule has 7 heteroatoms. The van der Waals surface area contributed by atoms with Gasteiger partial charge < -0.3 is 14.8 Å². The summed E-state index contributed by atoms with van der Waals surface area (Å²) in [7, 11) is 1.84. The normalized spacial score (nSPS) is 12.9. The fourth-order valence-corrected chi connectivity index (χ4v) is 4.33. The molecule has 0 radical (unpaired) electrons. The Balaban J connectivity index is 1.61. The van der Waals surface area contributed by atoms with Crippen LogP contribution in [0.25, 0.3) is 0 Å². The number of benzene rings is 1. The molecule has 0 spiro atoms. The molecule has 0 atom stereocenters. The molecule has 0 fully saturated rings. The number of carbonyl (C=O) groups is 2. The topological polar surface area (TPSA) is 67.2 Å². The molecule has 3 aromatic rings. The molecule has 4 rings (SSSR count). The van der Waals surface area contributed by atoms with E-state index in [1.54, 1.807) is 27.8 Å². The number of pyridine rings is 1. The summed E-state index contributed by atoms with van der Waals surface area (Å²) in [5, 5.41) is 3.66. The highest BCUT2D eigenvalue weighted by Gasteiger charge is 2.27. The maximum atomic E-state index is 12.9. The maximum Gasteiger partial charge on any atom is 0.268 e. The first-order valence-electron chi connectivity index (χ1n) is 9.05. The summed E-state index contributed by atoms with van der Waals surface area (Å²) in [6.07, 6.45) is 3.54. The van der Waals surface area contributed by atoms with Crippen molar-refractivity contribution < 1.29 is 9.59 Å². The third kappa shape index (κ3) is 3.29. The summed E-state index contributed by atoms with van der Waals surface area (Å²) in [6.45, 7) is 2.94. The molecule has 2 aromatic heterocycles. The second-order valence-electron chi connectivity index (χ2n) is 6.50. The zero-order valence-corrected chi connectivity index (χ0v) is 16.5. The van der Waals surface area contributed by atoms with E-state index in [9.17, 15) is 9.59 Å². The number of rotatable bonds is 4. The number of amides is 2. The van der Waals surface area contributed by atoms with Crippen molar-refractivity contribution in [2.75, 3.05) is 11.4 Å². The highest BCUT2D eigenvalue weighted by Crippen LogP contribution is 2.40. The van der Waals surface area contributed by atoms with Gasteiger partial charge in [0.15, 0.2) is 0 Å². The Labute approximate surface area is 167 Å². The predicted octanol–water partition coefficient (Wildman–Crippen LogP) is 3.48. The first-order chi connectivity index (χ1) is 13.6. The number of nitrogens with zero attached hydrogens (tertiary/aromatic N) is 3. The number of fused-ring (bicyclic) bond motifs is 2. The van der Waals surface area contributed by atoms with E-state index in [0.29, 0.717) is 29.4 Å². The first kappa shape index (κ1) is 18.3. The van der Waals surface area contributed by atoms with Gasteiger partial charge in [0.05, 0.1) is 11.3 Å². The molecule has 3 heterocycles. The number of carbonyl (C=O) groups excluding carboxylic acids is 2. The van der Waals surface area contributed by atoms with Gasteiger partial charge in [-0.25, -0.2) is 4.98 Å². The van der Waals surface area contributed by atoms with E-state index in [0.717, 1.165) is 16.1 Å². The summed E-state index contributed by atoms with van der Waals surface area (Å²) < 4.78 is 1.79. The van der Waals surface area contributed by atoms with Crippen LogP contribution >= 0.6 is 11.8 Å². The lowest BCUT2D eigenvalue weighted by atomic mass is 10.1. The third-order valence-corrected chi connectivity index (χ3v) is 5.78. The zero-order valence-electron chi connectivity index (χ0n) is 15.7. The lowest BCUT2D eigenvalue weighted by Gasteiger charge is -2.21. The van der Waals surface area contributed by atoms with Crippen LogP contribution in [0.5, 0.6) is 0 Å². The molecular formula is C21H20N4O2S. The summed E-state index contributed by atoms with van der Waals surface area (Å²) in [4.78, 5) is 32.4. The number of aryl methyl sites for hydroxylation is 1. The monoisotopic (exact) mass is 392 g/mol. The van der Waals surface area contributed by atoms with E-state index in [1.165, 1.54) is 11.8 Å². The smallest absolute Gasteiger partial charge is 0.268 e. The Morgan fingerprint density at radius 1 is 1.21 bits per heavy atom. The van der Waals surface area contributed by atoms with Crippen molar-refractivity contribution in [3.63, 3.8) is 0 Å². The fraction of sp³-hybridized carbons (Fsp3) is 0.190. The van der Waals surface area contributed by atoms with Gasteiger partial charge >= 0.3 is 0 Å². The molecule has 0 unspecified atom stereocenters. The van der Waals surface area contributed by atoms with Gasteiger partial charge in [-0.1, -0.05) is 17.8 Å². The maximum absolute atomic E-state index is 12.9. The number of hydrogen-bond donors (Lipinski definition) is 1. The summed E-state index contributed by atoms with van der Waals surface area (Å²) in [5.41, 5.74) is 3.07. The molecule has 0 saturated carbocycles. The van der Waals surface area contributed by atoms with Crippen LogP contribution in [0, 0.1) is 0 Å². The van der Waals surface area contributed by atoms with E-state index in [2.05, 4.69) is 10.3 Å². The average Bonchev–Trinajstić information content (AvgIpc) is 3.09. The second-order valence-corrected chi connectivity index (χ2v) is 7.53. The van der Waals surface area contributed by atoms with E-state index < -0.39 is 0 Å². The van der Waals surface area contributed by atoms with Crippen molar-refractivity contribution >= 4 is 29.3 Å². The van der Waals surface area contributed by atoms with Crippen LogP contribution in [-0.2, 0) is 13.6 Å². The van der Waals surface area contributed by atoms with Gasteiger partial charge in [-0.15, -0.1) is 0 Å². The Hall–Kier alpha value is -3.06. The Morgan fingerprint density at radius 3 is 2.82 bits per heavy atom. The number of nitrogens with one attached hydrogen (secondary N) is 1. The van der Waals surface area contributed by atoms with Gasteiger partial charge in [0.1, 0.15) is 10.7 Å². The molecule has 6 nitrogen and oxygen atoms in total. The highest BCUT2D eigenvalue weighted by molar-refractivity contribution is 7.99. The third-order valence-electron chi connectivity index (χ3n) is 4.71. The van der Waals surface area contributed by atoms with Gasteiger partial charge in [-0.2, -0.15) is 0 Å². The molecule has 142 valence electrons. The summed E-state index contributed by atoms with van der Waals surface area (Å²) in [5.74, 6) is -0.158. The van der Waals surface area contributed by atoms with Crippen molar-refractivity contribution in [2.45, 2.75) is 23.4 Å². The van der Waals surface area contributed by atoms with Crippen molar-refractivity contribution in [2.24, 2.45) is 7.05 Å². The van der Waals surface area contributed by atoms with Gasteiger partial charge in [0.2, 0.25) is 0 Å². The molecule has 0 bridgehead atoms. The molecule has 0 saturated heterocycles. The molecule has 1 aromatic carbocycles. The highest BCUT2D eigenvalue weighted by atomic mass is 32.2. The van der Waals surface area contributed by atoms with E-state index in [4.69, 9.17) is 0 Å². The van der Waals surface area contributed by atoms with Crippen LogP contribution in [0.2, 0.25) is 0 Å². The van der Waals surface area contributed by atoms with Crippen molar-refractivity contribution in [1.29, 1.82) is 0 Å². The SMILES string of the molecule is CCN1C(=O)c2cccnc2Sc2cc(CNC(=O)c3cccn3C)ccc21. The quantitative estimate of drug-likeness (QED) is 0.738. The van der Waals surface area contributed by atoms with Gasteiger partial charge in [-0.3, -0.25) is 9.59 Å². The molecule has 1 N–H and O–H groups in total. The molecule has 0 aliphatic carbocycles. The number of aromatic nitrogens is 2. The largest absolute Gasteiger partial charge is 0.347 e. The average molecular weight is 392 g/mol. The summed E-state index contributed by atoms with van der Waals surface area (Å²) >= 11 is 1.48. The lowest BCUT2D eigenvalue weighted by molar-refractivity contribution is 0.0941. The zero-order chi connectivity index (χ0) is 19.7. The van der Waals surface area contributed by atoms with Gasteiger partial charge in [0.25, 0.3) is 11.8 Å². The first-order valence-corrected chi connectivity index (χ1v) is 9.87. The van der Waals surface area contributed by atoms with Gasteiger partial charge in [-0.05, 0) is 48.9 Å². The lowest BCUT2D eigenvalue weighted by Crippen LogP contribution is -2.30. The molecule has 1 aliphatic rings. The van der Waals surface area contributed by atoms with E-state index in [-0.39, 0.29) is 11.8 Å². The van der Waals surface area contributed by atoms with Crippen LogP contribution < -0.4 is 10.2 Å². The Morgan fingerprint density at radius 2 is 2.07 bits per heavy atom. The minimum absolute atomic E-state index is 0.0402. The molecule has 28 heavy (non-hydrogen) atoms. The van der Waals surface area contributed by atoms with Crippen LogP contribution in [-0.4, -0.2) is 27.9 Å². The van der Waals surface area contributed by atoms with Gasteiger partial charge in [0, 0.05) is 37.4 Å². The predicted molar refractivity (Wildman–Crippen MR) is 109 cm³/mol. The molecular weight excluding hydrogens is 372 g/mol. The van der Waals surface area contributed by atoms with Crippen molar-refractivity contribution in [1.82, 2.24) is 14.9 Å². The minimum Gasteiger partial charge on any atom is -0.347 e. The summed E-state index contributed by atoms with van der Waals surface area (Å²) in [6, 6.07) is 13.1. The molecule has 2 amide bonds. The fourth-order valence-electron chi connectivity index (χ4n) is 3.25. The number of anilines is 1. The molecule has 1 aliphatic heterocycles. The number of hydrogen-bond acceptors (Lipinski definition) is 4. The van der Waals surface area contributed by atoms with Crippen LogP contribution in [0.15, 0.2) is 64.8 Å². The second kappa shape index (κ2) is 7.52. The van der Waals surface area contributed by atoms with Crippen LogP contribution in [0.4, 0.5) is 5.69 Å². The van der Waals surface area contributed by atoms with Crippen molar-refractivity contribution in [3.8, 4) is 0 Å².